The highest BCUT2D eigenvalue weighted by atomic mass is 32.2. The van der Waals surface area contributed by atoms with Crippen molar-refractivity contribution < 1.29 is 9.59 Å². The molecule has 0 aromatic rings. The first-order chi connectivity index (χ1) is 7.63. The summed E-state index contributed by atoms with van der Waals surface area (Å²) < 4.78 is -0.203. The Morgan fingerprint density at radius 2 is 2.38 bits per heavy atom. The van der Waals surface area contributed by atoms with E-state index in [1.165, 1.54) is 23.5 Å². The minimum atomic E-state index is -0.203. The zero-order chi connectivity index (χ0) is 11.7. The van der Waals surface area contributed by atoms with Gasteiger partial charge in [0.1, 0.15) is 9.61 Å². The molecular weight excluding hydrogens is 264 g/mol. The van der Waals surface area contributed by atoms with Crippen molar-refractivity contribution in [2.75, 3.05) is 12.3 Å². The van der Waals surface area contributed by atoms with Gasteiger partial charge in [0, 0.05) is 6.54 Å². The molecule has 2 heterocycles. The Hall–Kier alpha value is -0.530. The molecule has 16 heavy (non-hydrogen) atoms. The summed E-state index contributed by atoms with van der Waals surface area (Å²) in [6.07, 6.45) is 1.66. The van der Waals surface area contributed by atoms with Crippen LogP contribution in [0.5, 0.6) is 0 Å². The van der Waals surface area contributed by atoms with Crippen molar-refractivity contribution in [3.63, 3.8) is 0 Å². The number of hydrogen-bond acceptors (Lipinski definition) is 5. The number of carbonyl (C=O) groups excluding carboxylic acids is 2. The van der Waals surface area contributed by atoms with Gasteiger partial charge in [0.05, 0.1) is 10.8 Å². The summed E-state index contributed by atoms with van der Waals surface area (Å²) in [4.78, 5) is 25.2. The lowest BCUT2D eigenvalue weighted by Crippen LogP contribution is -2.29. The van der Waals surface area contributed by atoms with Crippen LogP contribution in [0.25, 0.3) is 0 Å². The van der Waals surface area contributed by atoms with Crippen molar-refractivity contribution in [2.24, 2.45) is 0 Å². The van der Waals surface area contributed by atoms with E-state index in [1.54, 1.807) is 11.0 Å². The lowest BCUT2D eigenvalue weighted by Gasteiger charge is -2.16. The van der Waals surface area contributed by atoms with Crippen LogP contribution in [0.15, 0.2) is 22.6 Å². The van der Waals surface area contributed by atoms with Crippen molar-refractivity contribution in [3.8, 4) is 0 Å². The SMILES string of the molecule is C=CCN1C(=O)C(=C2NC(=O)CS2)SC1S. The van der Waals surface area contributed by atoms with E-state index in [9.17, 15) is 9.59 Å². The Bertz CT molecular complexity index is 394. The van der Waals surface area contributed by atoms with Gasteiger partial charge in [-0.25, -0.2) is 0 Å². The molecule has 1 atom stereocenters. The van der Waals surface area contributed by atoms with E-state index in [4.69, 9.17) is 0 Å². The van der Waals surface area contributed by atoms with E-state index in [2.05, 4.69) is 24.5 Å². The second kappa shape index (κ2) is 4.77. The normalized spacial score (nSPS) is 29.8. The Morgan fingerprint density at radius 3 is 2.94 bits per heavy atom. The lowest BCUT2D eigenvalue weighted by atomic mass is 10.4. The molecule has 2 aliphatic heterocycles. The summed E-state index contributed by atoms with van der Waals surface area (Å²) in [7, 11) is 0. The molecule has 0 radical (unpaired) electrons. The topological polar surface area (TPSA) is 49.4 Å². The maximum absolute atomic E-state index is 12.0. The van der Waals surface area contributed by atoms with Gasteiger partial charge in [-0.1, -0.05) is 29.6 Å². The van der Waals surface area contributed by atoms with E-state index < -0.39 is 0 Å². The van der Waals surface area contributed by atoms with Gasteiger partial charge in [0.25, 0.3) is 5.91 Å². The zero-order valence-electron chi connectivity index (χ0n) is 8.30. The number of nitrogens with one attached hydrogen (secondary N) is 1. The van der Waals surface area contributed by atoms with Crippen LogP contribution in [0.4, 0.5) is 0 Å². The minimum Gasteiger partial charge on any atom is -0.319 e. The van der Waals surface area contributed by atoms with Crippen LogP contribution in [0.3, 0.4) is 0 Å². The van der Waals surface area contributed by atoms with E-state index in [-0.39, 0.29) is 16.5 Å². The summed E-state index contributed by atoms with van der Waals surface area (Å²) in [5, 5.41) is 3.34. The highest BCUT2D eigenvalue weighted by molar-refractivity contribution is 8.15. The zero-order valence-corrected chi connectivity index (χ0v) is 10.8. The monoisotopic (exact) mass is 274 g/mol. The molecule has 7 heteroatoms. The average molecular weight is 274 g/mol. The Morgan fingerprint density at radius 1 is 1.62 bits per heavy atom. The molecule has 0 aliphatic carbocycles. The van der Waals surface area contributed by atoms with Gasteiger partial charge < -0.3 is 10.2 Å². The highest BCUT2D eigenvalue weighted by Gasteiger charge is 2.37. The predicted octanol–water partition coefficient (Wildman–Crippen LogP) is 0.993. The lowest BCUT2D eigenvalue weighted by molar-refractivity contribution is -0.124. The van der Waals surface area contributed by atoms with Gasteiger partial charge in [-0.3, -0.25) is 9.59 Å². The van der Waals surface area contributed by atoms with E-state index in [0.29, 0.717) is 22.2 Å². The quantitative estimate of drug-likeness (QED) is 0.448. The second-order valence-electron chi connectivity index (χ2n) is 3.19. The van der Waals surface area contributed by atoms with Crippen LogP contribution in [0, 0.1) is 0 Å². The number of thiol groups is 1. The van der Waals surface area contributed by atoms with Crippen molar-refractivity contribution in [1.29, 1.82) is 0 Å². The molecule has 2 fully saturated rings. The van der Waals surface area contributed by atoms with Gasteiger partial charge in [0.2, 0.25) is 5.91 Å². The summed E-state index contributed by atoms with van der Waals surface area (Å²) in [6, 6.07) is 0. The van der Waals surface area contributed by atoms with Crippen LogP contribution in [-0.2, 0) is 9.59 Å². The molecule has 0 aromatic heterocycles. The third-order valence-corrected chi connectivity index (χ3v) is 4.88. The predicted molar refractivity (Wildman–Crippen MR) is 69.9 cm³/mol. The van der Waals surface area contributed by atoms with E-state index in [0.717, 1.165) is 0 Å². The van der Waals surface area contributed by atoms with Crippen molar-refractivity contribution >= 4 is 48.0 Å². The fraction of sp³-hybridized carbons (Fsp3) is 0.333. The van der Waals surface area contributed by atoms with Crippen LogP contribution in [0.1, 0.15) is 0 Å². The van der Waals surface area contributed by atoms with Gasteiger partial charge in [-0.2, -0.15) is 0 Å². The van der Waals surface area contributed by atoms with Crippen LogP contribution >= 0.6 is 36.2 Å². The number of hydrogen-bond donors (Lipinski definition) is 2. The fourth-order valence-corrected chi connectivity index (χ4v) is 3.86. The molecule has 0 bridgehead atoms. The minimum absolute atomic E-state index is 0.0567. The fourth-order valence-electron chi connectivity index (χ4n) is 1.37. The van der Waals surface area contributed by atoms with E-state index >= 15 is 0 Å². The number of thioether (sulfide) groups is 2. The highest BCUT2D eigenvalue weighted by Crippen LogP contribution is 2.41. The molecule has 1 N–H and O–H groups in total. The number of amides is 2. The van der Waals surface area contributed by atoms with Crippen molar-refractivity contribution in [2.45, 2.75) is 4.71 Å². The summed E-state index contributed by atoms with van der Waals surface area (Å²) in [6.45, 7) is 4.07. The van der Waals surface area contributed by atoms with Crippen LogP contribution < -0.4 is 5.32 Å². The molecule has 2 rings (SSSR count). The largest absolute Gasteiger partial charge is 0.319 e. The number of rotatable bonds is 2. The third-order valence-electron chi connectivity index (χ3n) is 2.08. The molecule has 1 unspecified atom stereocenters. The number of nitrogens with zero attached hydrogens (tertiary/aromatic N) is 1. The smallest absolute Gasteiger partial charge is 0.264 e. The molecule has 4 nitrogen and oxygen atoms in total. The van der Waals surface area contributed by atoms with Gasteiger partial charge in [0.15, 0.2) is 0 Å². The second-order valence-corrected chi connectivity index (χ2v) is 6.10. The first-order valence-corrected chi connectivity index (χ1v) is 6.95. The van der Waals surface area contributed by atoms with Gasteiger partial charge in [-0.15, -0.1) is 19.2 Å². The summed E-state index contributed by atoms with van der Waals surface area (Å²) in [5.41, 5.74) is 0. The first kappa shape index (κ1) is 11.9. The Kier molecular flexibility index (Phi) is 3.56. The van der Waals surface area contributed by atoms with Gasteiger partial charge in [-0.05, 0) is 0 Å². The molecule has 2 saturated heterocycles. The van der Waals surface area contributed by atoms with Crippen LogP contribution in [-0.4, -0.2) is 33.7 Å². The van der Waals surface area contributed by atoms with Gasteiger partial charge >= 0.3 is 0 Å². The third kappa shape index (κ3) is 2.11. The summed E-state index contributed by atoms with van der Waals surface area (Å²) in [5.74, 6) is 0.235. The van der Waals surface area contributed by atoms with Crippen molar-refractivity contribution in [1.82, 2.24) is 10.2 Å². The molecule has 2 aliphatic rings. The van der Waals surface area contributed by atoms with Crippen LogP contribution in [0.2, 0.25) is 0 Å². The number of carbonyl (C=O) groups is 2. The first-order valence-electron chi connectivity index (χ1n) is 4.57. The molecule has 0 aromatic carbocycles. The molecule has 0 saturated carbocycles. The average Bonchev–Trinajstić information content (AvgIpc) is 2.77. The maximum atomic E-state index is 12.0. The standard InChI is InChI=1S/C9H10N2O2S3/c1-2-3-11-8(13)6(16-9(11)14)7-10-5(12)4-15-7/h2,9,14H,1,3-4H2,(H,10,12). The van der Waals surface area contributed by atoms with Crippen molar-refractivity contribution in [3.05, 3.63) is 22.6 Å². The summed E-state index contributed by atoms with van der Waals surface area (Å²) >= 11 is 7.04. The molecule has 86 valence electrons. The molecular formula is C9H10N2O2S3. The molecule has 0 spiro atoms. The maximum Gasteiger partial charge on any atom is 0.264 e. The van der Waals surface area contributed by atoms with E-state index in [1.807, 2.05) is 0 Å². The molecule has 2 amide bonds. The Labute approximate surface area is 107 Å². The Balaban J connectivity index is 2.23.